The number of piperazine rings is 1. The van der Waals surface area contributed by atoms with Gasteiger partial charge in [0, 0.05) is 44.4 Å². The fraction of sp³-hybridized carbons (Fsp3) is 0.438. The molecule has 1 aromatic carbocycles. The van der Waals surface area contributed by atoms with E-state index in [1.54, 1.807) is 30.2 Å². The normalized spacial score (nSPS) is 14.6. The van der Waals surface area contributed by atoms with Gasteiger partial charge >= 0.3 is 0 Å². The molecule has 0 spiro atoms. The standard InChI is InChI=1S/C32H39N7O5/c1-6-21(2)43-17-12-32(4,5)44-25-19-34-29(39-20-35-22(3)36-39)27-26(25)24(18-33-27)28(40)31(42)38-15-13-37(14-16-38)30(41)23-10-8-7-9-11-23/h7-11,18-21,33H,6,12-17H2,1-5H3. The number of aryl methyl sites for hydroxylation is 1. The molecule has 4 heterocycles. The lowest BCUT2D eigenvalue weighted by Crippen LogP contribution is -2.52. The van der Waals surface area contributed by atoms with E-state index >= 15 is 0 Å². The van der Waals surface area contributed by atoms with Gasteiger partial charge in [-0.3, -0.25) is 14.4 Å². The first-order chi connectivity index (χ1) is 21.1. The molecule has 3 aromatic heterocycles. The van der Waals surface area contributed by atoms with Crippen LogP contribution in [0.5, 0.6) is 5.75 Å². The van der Waals surface area contributed by atoms with Crippen molar-refractivity contribution in [3.8, 4) is 11.6 Å². The second-order valence-corrected chi connectivity index (χ2v) is 11.6. The minimum atomic E-state index is -0.672. The number of ether oxygens (including phenoxy) is 2. The van der Waals surface area contributed by atoms with Gasteiger partial charge in [0.25, 0.3) is 17.6 Å². The number of rotatable bonds is 11. The summed E-state index contributed by atoms with van der Waals surface area (Å²) in [4.78, 5) is 55.3. The van der Waals surface area contributed by atoms with E-state index in [4.69, 9.17) is 9.47 Å². The largest absolute Gasteiger partial charge is 0.485 e. The monoisotopic (exact) mass is 601 g/mol. The number of pyridine rings is 1. The molecule has 12 nitrogen and oxygen atoms in total. The predicted octanol–water partition coefficient (Wildman–Crippen LogP) is 3.98. The number of nitrogens with one attached hydrogen (secondary N) is 1. The van der Waals surface area contributed by atoms with E-state index in [2.05, 4.69) is 27.0 Å². The van der Waals surface area contributed by atoms with Crippen LogP contribution in [0.2, 0.25) is 0 Å². The van der Waals surface area contributed by atoms with Crippen LogP contribution in [0.25, 0.3) is 16.7 Å². The van der Waals surface area contributed by atoms with Gasteiger partial charge in [0.2, 0.25) is 0 Å². The van der Waals surface area contributed by atoms with E-state index in [9.17, 15) is 14.4 Å². The minimum Gasteiger partial charge on any atom is -0.485 e. The van der Waals surface area contributed by atoms with Crippen LogP contribution in [-0.2, 0) is 9.53 Å². The molecule has 5 rings (SSSR count). The highest BCUT2D eigenvalue weighted by Gasteiger charge is 2.32. The maximum absolute atomic E-state index is 13.8. The number of hydrogen-bond acceptors (Lipinski definition) is 8. The van der Waals surface area contributed by atoms with Gasteiger partial charge in [0.1, 0.15) is 23.5 Å². The highest BCUT2D eigenvalue weighted by atomic mass is 16.5. The highest BCUT2D eigenvalue weighted by molar-refractivity contribution is 6.45. The van der Waals surface area contributed by atoms with E-state index in [1.807, 2.05) is 39.0 Å². The van der Waals surface area contributed by atoms with Crippen molar-refractivity contribution in [3.63, 3.8) is 0 Å². The van der Waals surface area contributed by atoms with Crippen molar-refractivity contribution in [3.05, 3.63) is 66.0 Å². The summed E-state index contributed by atoms with van der Waals surface area (Å²) in [6.07, 6.45) is 6.26. The van der Waals surface area contributed by atoms with Crippen LogP contribution in [-0.4, -0.2) is 96.6 Å². The second kappa shape index (κ2) is 13.0. The molecule has 44 heavy (non-hydrogen) atoms. The lowest BCUT2D eigenvalue weighted by molar-refractivity contribution is -0.127. The molecule has 1 unspecified atom stereocenters. The first-order valence-corrected chi connectivity index (χ1v) is 14.9. The number of hydrogen-bond donors (Lipinski definition) is 1. The van der Waals surface area contributed by atoms with Crippen molar-refractivity contribution in [1.29, 1.82) is 0 Å². The molecule has 232 valence electrons. The molecule has 0 radical (unpaired) electrons. The third-order valence-corrected chi connectivity index (χ3v) is 7.86. The van der Waals surface area contributed by atoms with E-state index < -0.39 is 17.3 Å². The average molecular weight is 602 g/mol. The van der Waals surface area contributed by atoms with Crippen molar-refractivity contribution >= 4 is 28.5 Å². The topological polar surface area (TPSA) is 136 Å². The van der Waals surface area contributed by atoms with E-state index in [-0.39, 0.29) is 30.7 Å². The summed E-state index contributed by atoms with van der Waals surface area (Å²) >= 11 is 0. The third-order valence-electron chi connectivity index (χ3n) is 7.86. The Morgan fingerprint density at radius 2 is 1.75 bits per heavy atom. The number of nitrogens with zero attached hydrogens (tertiary/aromatic N) is 6. The number of fused-ring (bicyclic) bond motifs is 1. The fourth-order valence-corrected chi connectivity index (χ4v) is 5.09. The Hall–Kier alpha value is -4.58. The van der Waals surface area contributed by atoms with Crippen molar-refractivity contribution in [2.45, 2.75) is 59.2 Å². The van der Waals surface area contributed by atoms with Crippen LogP contribution in [0.3, 0.4) is 0 Å². The zero-order chi connectivity index (χ0) is 31.4. The van der Waals surface area contributed by atoms with Gasteiger partial charge in [-0.05, 0) is 46.2 Å². The van der Waals surface area contributed by atoms with Crippen LogP contribution in [0.15, 0.2) is 49.1 Å². The SMILES string of the molecule is CCC(C)OCCC(C)(C)Oc1cnc(-n2cnc(C)n2)c2[nH]cc(C(=O)C(=O)N3CCN(C(=O)c4ccccc4)CC3)c12. The molecule has 2 amide bonds. The fourth-order valence-electron chi connectivity index (χ4n) is 5.09. The average Bonchev–Trinajstić information content (AvgIpc) is 3.67. The molecule has 0 bridgehead atoms. The molecule has 1 N–H and O–H groups in total. The number of aromatic amines is 1. The molecular formula is C32H39N7O5. The molecule has 1 atom stereocenters. The molecule has 1 fully saturated rings. The molecule has 12 heteroatoms. The molecule has 4 aromatic rings. The number of aromatic nitrogens is 5. The maximum Gasteiger partial charge on any atom is 0.295 e. The molecule has 1 saturated heterocycles. The molecule has 0 aliphatic carbocycles. The number of carbonyl (C=O) groups excluding carboxylic acids is 3. The van der Waals surface area contributed by atoms with E-state index in [0.717, 1.165) is 6.42 Å². The summed E-state index contributed by atoms with van der Waals surface area (Å²) in [5, 5.41) is 4.82. The zero-order valence-electron chi connectivity index (χ0n) is 25.9. The third kappa shape index (κ3) is 6.65. The molecule has 1 aliphatic heterocycles. The summed E-state index contributed by atoms with van der Waals surface area (Å²) < 4.78 is 13.8. The second-order valence-electron chi connectivity index (χ2n) is 11.6. The van der Waals surface area contributed by atoms with Gasteiger partial charge in [0.05, 0.1) is 35.4 Å². The Bertz CT molecular complexity index is 1640. The van der Waals surface area contributed by atoms with Crippen molar-refractivity contribution in [1.82, 2.24) is 34.5 Å². The first-order valence-electron chi connectivity index (χ1n) is 14.9. The first kappa shape index (κ1) is 30.9. The van der Waals surface area contributed by atoms with Gasteiger partial charge in [-0.25, -0.2) is 14.6 Å². The van der Waals surface area contributed by atoms with Crippen LogP contribution in [0, 0.1) is 6.92 Å². The van der Waals surface area contributed by atoms with E-state index in [0.29, 0.717) is 60.0 Å². The minimum absolute atomic E-state index is 0.0945. The van der Waals surface area contributed by atoms with Crippen LogP contribution in [0.1, 0.15) is 67.1 Å². The van der Waals surface area contributed by atoms with Crippen molar-refractivity contribution < 1.29 is 23.9 Å². The smallest absolute Gasteiger partial charge is 0.295 e. The lowest BCUT2D eigenvalue weighted by atomic mass is 10.0. The lowest BCUT2D eigenvalue weighted by Gasteiger charge is -2.34. The van der Waals surface area contributed by atoms with Crippen LogP contribution < -0.4 is 4.74 Å². The molecule has 1 aliphatic rings. The number of carbonyl (C=O) groups is 3. The quantitative estimate of drug-likeness (QED) is 0.201. The van der Waals surface area contributed by atoms with Crippen molar-refractivity contribution in [2.24, 2.45) is 0 Å². The van der Waals surface area contributed by atoms with Crippen LogP contribution in [0.4, 0.5) is 0 Å². The number of benzene rings is 1. The van der Waals surface area contributed by atoms with Crippen molar-refractivity contribution in [2.75, 3.05) is 32.8 Å². The van der Waals surface area contributed by atoms with Crippen LogP contribution >= 0.6 is 0 Å². The summed E-state index contributed by atoms with van der Waals surface area (Å²) in [5.74, 6) is -0.0579. The Labute approximate surface area is 256 Å². The highest BCUT2D eigenvalue weighted by Crippen LogP contribution is 2.35. The van der Waals surface area contributed by atoms with Gasteiger partial charge in [0.15, 0.2) is 5.82 Å². The predicted molar refractivity (Wildman–Crippen MR) is 164 cm³/mol. The van der Waals surface area contributed by atoms with Gasteiger partial charge < -0.3 is 24.3 Å². The van der Waals surface area contributed by atoms with Gasteiger partial charge in [-0.1, -0.05) is 25.1 Å². The summed E-state index contributed by atoms with van der Waals surface area (Å²) in [6, 6.07) is 9.03. The number of H-pyrrole nitrogens is 1. The van der Waals surface area contributed by atoms with E-state index in [1.165, 1.54) is 22.1 Å². The Balaban J connectivity index is 1.39. The Morgan fingerprint density at radius 1 is 1.05 bits per heavy atom. The maximum atomic E-state index is 13.8. The summed E-state index contributed by atoms with van der Waals surface area (Å²) in [5.41, 5.74) is 0.607. The number of amides is 2. The molecular weight excluding hydrogens is 562 g/mol. The molecule has 0 saturated carbocycles. The summed E-state index contributed by atoms with van der Waals surface area (Å²) in [7, 11) is 0. The summed E-state index contributed by atoms with van der Waals surface area (Å²) in [6.45, 7) is 11.4. The number of Topliss-reactive ketones (excluding diaryl/α,β-unsaturated/α-hetero) is 1. The Kier molecular flexibility index (Phi) is 9.09. The number of ketones is 1. The van der Waals surface area contributed by atoms with Gasteiger partial charge in [-0.15, -0.1) is 0 Å². The Morgan fingerprint density at radius 3 is 2.41 bits per heavy atom. The zero-order valence-corrected chi connectivity index (χ0v) is 25.9. The van der Waals surface area contributed by atoms with Gasteiger partial charge in [-0.2, -0.15) is 5.10 Å².